The van der Waals surface area contributed by atoms with E-state index in [4.69, 9.17) is 4.74 Å². The molecule has 0 aliphatic heterocycles. The monoisotopic (exact) mass is 361 g/mol. The number of nitrogens with one attached hydrogen (secondary N) is 2. The van der Waals surface area contributed by atoms with Crippen LogP contribution in [0.3, 0.4) is 0 Å². The summed E-state index contributed by atoms with van der Waals surface area (Å²) < 4.78 is 5.17. The van der Waals surface area contributed by atoms with Gasteiger partial charge in [-0.05, 0) is 24.1 Å². The molecule has 1 heterocycles. The second-order valence-corrected chi connectivity index (χ2v) is 7.11. The molecule has 0 unspecified atom stereocenters. The van der Waals surface area contributed by atoms with Gasteiger partial charge in [-0.25, -0.2) is 9.78 Å². The molecule has 0 spiro atoms. The molecule has 0 radical (unpaired) electrons. The Kier molecular flexibility index (Phi) is 7.25. The van der Waals surface area contributed by atoms with Gasteiger partial charge in [-0.3, -0.25) is 0 Å². The first-order chi connectivity index (χ1) is 12.0. The van der Waals surface area contributed by atoms with Gasteiger partial charge in [0.15, 0.2) is 0 Å². The Balaban J connectivity index is 1.80. The van der Waals surface area contributed by atoms with Gasteiger partial charge in [-0.2, -0.15) is 0 Å². The van der Waals surface area contributed by atoms with Crippen molar-refractivity contribution in [2.75, 3.05) is 13.7 Å². The van der Waals surface area contributed by atoms with Crippen molar-refractivity contribution in [3.63, 3.8) is 0 Å². The average molecular weight is 362 g/mol. The van der Waals surface area contributed by atoms with Crippen LogP contribution in [0.5, 0.6) is 5.75 Å². The number of methoxy groups -OCH3 is 1. The standard InChI is InChI=1S/C19H27N3O2S/c1-5-17(14-6-8-16(24-4)9-7-14)22-19(23)20-11-10-15-12-25-18(21-15)13(2)3/h6-9,12-13,17H,5,10-11H2,1-4H3,(H2,20,22,23)/t17-/m1/s1. The number of nitrogens with zero attached hydrogens (tertiary/aromatic N) is 1. The zero-order valence-electron chi connectivity index (χ0n) is 15.3. The van der Waals surface area contributed by atoms with Crippen LogP contribution in [-0.4, -0.2) is 24.7 Å². The maximum absolute atomic E-state index is 12.1. The summed E-state index contributed by atoms with van der Waals surface area (Å²) in [6.45, 7) is 6.90. The van der Waals surface area contributed by atoms with E-state index in [1.165, 1.54) is 0 Å². The highest BCUT2D eigenvalue weighted by molar-refractivity contribution is 7.09. The first-order valence-electron chi connectivity index (χ1n) is 8.66. The molecular formula is C19H27N3O2S. The Bertz CT molecular complexity index is 668. The predicted molar refractivity (Wildman–Crippen MR) is 102 cm³/mol. The van der Waals surface area contributed by atoms with Crippen molar-refractivity contribution in [1.29, 1.82) is 0 Å². The van der Waals surface area contributed by atoms with Crippen molar-refractivity contribution >= 4 is 17.4 Å². The van der Waals surface area contributed by atoms with Gasteiger partial charge in [-0.1, -0.05) is 32.9 Å². The third kappa shape index (κ3) is 5.74. The Morgan fingerprint density at radius 2 is 2.00 bits per heavy atom. The number of ether oxygens (including phenoxy) is 1. The summed E-state index contributed by atoms with van der Waals surface area (Å²) in [7, 11) is 1.64. The summed E-state index contributed by atoms with van der Waals surface area (Å²) in [6, 6.07) is 7.62. The molecule has 1 aromatic heterocycles. The van der Waals surface area contributed by atoms with Crippen LogP contribution in [0.2, 0.25) is 0 Å². The van der Waals surface area contributed by atoms with Gasteiger partial charge >= 0.3 is 6.03 Å². The third-order valence-corrected chi connectivity index (χ3v) is 5.16. The van der Waals surface area contributed by atoms with Gasteiger partial charge in [0.05, 0.1) is 23.9 Å². The molecular weight excluding hydrogens is 334 g/mol. The van der Waals surface area contributed by atoms with E-state index in [1.54, 1.807) is 18.4 Å². The lowest BCUT2D eigenvalue weighted by molar-refractivity contribution is 0.237. The SMILES string of the molecule is CC[C@@H](NC(=O)NCCc1csc(C(C)C)n1)c1ccc(OC)cc1. The van der Waals surface area contributed by atoms with Gasteiger partial charge in [0.1, 0.15) is 5.75 Å². The van der Waals surface area contributed by atoms with E-state index in [0.29, 0.717) is 12.5 Å². The maximum atomic E-state index is 12.1. The minimum atomic E-state index is -0.151. The Morgan fingerprint density at radius 3 is 2.56 bits per heavy atom. The number of carbonyl (C=O) groups excluding carboxylic acids is 1. The van der Waals surface area contributed by atoms with Crippen molar-refractivity contribution in [3.8, 4) is 5.75 Å². The molecule has 0 bridgehead atoms. The highest BCUT2D eigenvalue weighted by atomic mass is 32.1. The summed E-state index contributed by atoms with van der Waals surface area (Å²) in [5.41, 5.74) is 2.11. The first kappa shape index (κ1) is 19.2. The Hall–Kier alpha value is -2.08. The molecule has 0 aliphatic rings. The van der Waals surface area contributed by atoms with Gasteiger partial charge in [0.25, 0.3) is 0 Å². The van der Waals surface area contributed by atoms with Gasteiger partial charge < -0.3 is 15.4 Å². The highest BCUT2D eigenvalue weighted by Gasteiger charge is 2.13. The van der Waals surface area contributed by atoms with Crippen LogP contribution in [0, 0.1) is 0 Å². The molecule has 1 aromatic carbocycles. The normalized spacial score (nSPS) is 12.0. The lowest BCUT2D eigenvalue weighted by atomic mass is 10.0. The van der Waals surface area contributed by atoms with E-state index in [2.05, 4.69) is 41.8 Å². The van der Waals surface area contributed by atoms with Crippen molar-refractivity contribution in [1.82, 2.24) is 15.6 Å². The summed E-state index contributed by atoms with van der Waals surface area (Å²) in [4.78, 5) is 16.7. The fraction of sp³-hybridized carbons (Fsp3) is 0.474. The van der Waals surface area contributed by atoms with Gasteiger partial charge in [-0.15, -0.1) is 11.3 Å². The van der Waals surface area contributed by atoms with Gasteiger partial charge in [0.2, 0.25) is 0 Å². The van der Waals surface area contributed by atoms with E-state index in [-0.39, 0.29) is 12.1 Å². The van der Waals surface area contributed by atoms with E-state index < -0.39 is 0 Å². The van der Waals surface area contributed by atoms with E-state index in [1.807, 2.05) is 24.3 Å². The first-order valence-corrected chi connectivity index (χ1v) is 9.54. The van der Waals surface area contributed by atoms with Crippen LogP contribution in [0.4, 0.5) is 4.79 Å². The molecule has 6 heteroatoms. The number of carbonyl (C=O) groups is 1. The molecule has 25 heavy (non-hydrogen) atoms. The zero-order valence-corrected chi connectivity index (χ0v) is 16.2. The fourth-order valence-corrected chi connectivity index (χ4v) is 3.34. The molecule has 2 rings (SSSR count). The molecule has 2 aromatic rings. The predicted octanol–water partition coefficient (Wildman–Crippen LogP) is 4.27. The largest absolute Gasteiger partial charge is 0.497 e. The molecule has 0 fully saturated rings. The molecule has 2 N–H and O–H groups in total. The molecule has 0 saturated heterocycles. The summed E-state index contributed by atoms with van der Waals surface area (Å²) in [5.74, 6) is 1.26. The van der Waals surface area contributed by atoms with Crippen LogP contribution in [0.25, 0.3) is 0 Å². The summed E-state index contributed by atoms with van der Waals surface area (Å²) >= 11 is 1.68. The minimum Gasteiger partial charge on any atom is -0.497 e. The molecule has 2 amide bonds. The van der Waals surface area contributed by atoms with E-state index in [0.717, 1.165) is 34.9 Å². The second-order valence-electron chi connectivity index (χ2n) is 6.22. The lowest BCUT2D eigenvalue weighted by Crippen LogP contribution is -2.38. The number of aromatic nitrogens is 1. The lowest BCUT2D eigenvalue weighted by Gasteiger charge is -2.18. The van der Waals surface area contributed by atoms with Crippen molar-refractivity contribution in [3.05, 3.63) is 45.9 Å². The summed E-state index contributed by atoms with van der Waals surface area (Å²) in [6.07, 6.45) is 1.57. The Morgan fingerprint density at radius 1 is 1.28 bits per heavy atom. The fourth-order valence-electron chi connectivity index (χ4n) is 2.47. The smallest absolute Gasteiger partial charge is 0.315 e. The van der Waals surface area contributed by atoms with E-state index in [9.17, 15) is 4.79 Å². The second kappa shape index (κ2) is 9.42. The summed E-state index contributed by atoms with van der Waals surface area (Å²) in [5, 5.41) is 9.15. The molecule has 1 atom stereocenters. The zero-order chi connectivity index (χ0) is 18.2. The quantitative estimate of drug-likeness (QED) is 0.738. The van der Waals surface area contributed by atoms with Crippen LogP contribution >= 0.6 is 11.3 Å². The van der Waals surface area contributed by atoms with E-state index >= 15 is 0 Å². The topological polar surface area (TPSA) is 63.2 Å². The van der Waals surface area contributed by atoms with Crippen molar-refractivity contribution < 1.29 is 9.53 Å². The van der Waals surface area contributed by atoms with Crippen LogP contribution < -0.4 is 15.4 Å². The van der Waals surface area contributed by atoms with Crippen LogP contribution in [0.1, 0.15) is 55.4 Å². The number of amides is 2. The van der Waals surface area contributed by atoms with Crippen molar-refractivity contribution in [2.24, 2.45) is 0 Å². The highest BCUT2D eigenvalue weighted by Crippen LogP contribution is 2.20. The Labute approximate surface area is 153 Å². The molecule has 0 saturated carbocycles. The van der Waals surface area contributed by atoms with Crippen molar-refractivity contribution in [2.45, 2.75) is 45.6 Å². The maximum Gasteiger partial charge on any atom is 0.315 e. The number of urea groups is 1. The number of benzene rings is 1. The molecule has 5 nitrogen and oxygen atoms in total. The van der Waals surface area contributed by atoms with Gasteiger partial charge in [0, 0.05) is 24.3 Å². The molecule has 136 valence electrons. The molecule has 0 aliphatic carbocycles. The number of hydrogen-bond acceptors (Lipinski definition) is 4. The average Bonchev–Trinajstić information content (AvgIpc) is 3.09. The van der Waals surface area contributed by atoms with Crippen LogP contribution in [-0.2, 0) is 6.42 Å². The van der Waals surface area contributed by atoms with Crippen LogP contribution in [0.15, 0.2) is 29.6 Å². The third-order valence-electron chi connectivity index (χ3n) is 3.96. The minimum absolute atomic E-state index is 0.0160. The number of rotatable bonds is 8. The number of hydrogen-bond donors (Lipinski definition) is 2. The number of thiazole rings is 1.